The Hall–Kier alpha value is -1.83. The third-order valence-corrected chi connectivity index (χ3v) is 4.65. The molecule has 2 N–H and O–H groups in total. The van der Waals surface area contributed by atoms with Crippen LogP contribution in [0.1, 0.15) is 28.9 Å². The maximum absolute atomic E-state index is 12.0. The van der Waals surface area contributed by atoms with Crippen LogP contribution >= 0.6 is 11.5 Å². The maximum atomic E-state index is 12.0. The van der Waals surface area contributed by atoms with Crippen LogP contribution in [0.2, 0.25) is 0 Å². The van der Waals surface area contributed by atoms with Crippen molar-refractivity contribution in [2.24, 2.45) is 5.92 Å². The summed E-state index contributed by atoms with van der Waals surface area (Å²) in [6.07, 6.45) is 2.09. The molecule has 2 aromatic rings. The molecule has 1 saturated heterocycles. The van der Waals surface area contributed by atoms with Gasteiger partial charge in [-0.3, -0.25) is 9.69 Å². The van der Waals surface area contributed by atoms with Gasteiger partial charge in [0, 0.05) is 24.2 Å². The summed E-state index contributed by atoms with van der Waals surface area (Å²) < 4.78 is 3.70. The van der Waals surface area contributed by atoms with E-state index in [1.165, 1.54) is 5.56 Å². The number of nitrogens with one attached hydrogen (secondary N) is 1. The lowest BCUT2D eigenvalue weighted by Gasteiger charge is -2.31. The standard InChI is InChI=1S/C16H20N4O2S/c21-10-12-4-6-20(7-5-12)9-13-2-1-3-14(8-13)17-16(22)15-11-23-19-18-15/h1-3,8,11-12,21H,4-7,9-10H2,(H,17,22). The first-order chi connectivity index (χ1) is 11.2. The topological polar surface area (TPSA) is 78.4 Å². The van der Waals surface area contributed by atoms with Gasteiger partial charge >= 0.3 is 0 Å². The second-order valence-electron chi connectivity index (χ2n) is 5.85. The number of anilines is 1. The number of carbonyl (C=O) groups is 1. The molecule has 3 rings (SSSR count). The molecule has 23 heavy (non-hydrogen) atoms. The summed E-state index contributed by atoms with van der Waals surface area (Å²) in [5, 5.41) is 17.5. The summed E-state index contributed by atoms with van der Waals surface area (Å²) >= 11 is 1.16. The third-order valence-electron chi connectivity index (χ3n) is 4.15. The Bertz CT molecular complexity index is 639. The first kappa shape index (κ1) is 16.0. The van der Waals surface area contributed by atoms with E-state index in [1.807, 2.05) is 18.2 Å². The number of hydrogen-bond donors (Lipinski definition) is 2. The van der Waals surface area contributed by atoms with Gasteiger partial charge in [0.1, 0.15) is 0 Å². The van der Waals surface area contributed by atoms with E-state index in [0.717, 1.165) is 49.7 Å². The highest BCUT2D eigenvalue weighted by Crippen LogP contribution is 2.20. The second kappa shape index (κ2) is 7.63. The van der Waals surface area contributed by atoms with Crippen molar-refractivity contribution in [1.29, 1.82) is 0 Å². The normalized spacial score (nSPS) is 16.4. The van der Waals surface area contributed by atoms with E-state index in [0.29, 0.717) is 18.2 Å². The molecule has 0 radical (unpaired) electrons. The van der Waals surface area contributed by atoms with Gasteiger partial charge < -0.3 is 10.4 Å². The molecule has 0 aliphatic carbocycles. The fraction of sp³-hybridized carbons (Fsp3) is 0.438. The van der Waals surface area contributed by atoms with E-state index >= 15 is 0 Å². The van der Waals surface area contributed by atoms with Crippen molar-refractivity contribution in [3.05, 3.63) is 40.9 Å². The van der Waals surface area contributed by atoms with Gasteiger partial charge in [-0.2, -0.15) is 0 Å². The van der Waals surface area contributed by atoms with Crippen molar-refractivity contribution in [1.82, 2.24) is 14.5 Å². The van der Waals surface area contributed by atoms with E-state index in [-0.39, 0.29) is 5.91 Å². The largest absolute Gasteiger partial charge is 0.396 e. The van der Waals surface area contributed by atoms with Crippen LogP contribution in [0.5, 0.6) is 0 Å². The summed E-state index contributed by atoms with van der Waals surface area (Å²) in [6.45, 7) is 3.17. The number of aromatic nitrogens is 2. The quantitative estimate of drug-likeness (QED) is 0.875. The first-order valence-corrected chi connectivity index (χ1v) is 8.59. The van der Waals surface area contributed by atoms with Gasteiger partial charge in [0.05, 0.1) is 0 Å². The fourth-order valence-corrected chi connectivity index (χ4v) is 3.23. The molecule has 0 saturated carbocycles. The molecule has 0 atom stereocenters. The molecule has 1 aliphatic heterocycles. The average molecular weight is 332 g/mol. The highest BCUT2D eigenvalue weighted by atomic mass is 32.1. The third kappa shape index (κ3) is 4.34. The van der Waals surface area contributed by atoms with Crippen molar-refractivity contribution >= 4 is 23.1 Å². The van der Waals surface area contributed by atoms with Gasteiger partial charge in [-0.1, -0.05) is 16.6 Å². The minimum absolute atomic E-state index is 0.236. The van der Waals surface area contributed by atoms with E-state index < -0.39 is 0 Å². The number of aliphatic hydroxyl groups excluding tert-OH is 1. The Balaban J connectivity index is 1.58. The van der Waals surface area contributed by atoms with Crippen molar-refractivity contribution in [3.63, 3.8) is 0 Å². The SMILES string of the molecule is O=C(Nc1cccc(CN2CCC(CO)CC2)c1)c1csnn1. The van der Waals surface area contributed by atoms with Crippen LogP contribution in [0, 0.1) is 5.92 Å². The van der Waals surface area contributed by atoms with Crippen molar-refractivity contribution in [3.8, 4) is 0 Å². The Labute approximate surface area is 139 Å². The maximum Gasteiger partial charge on any atom is 0.277 e. The van der Waals surface area contributed by atoms with Crippen LogP contribution in [0.3, 0.4) is 0 Å². The van der Waals surface area contributed by atoms with Gasteiger partial charge in [-0.25, -0.2) is 0 Å². The molecule has 6 nitrogen and oxygen atoms in total. The lowest BCUT2D eigenvalue weighted by molar-refractivity contribution is 0.102. The minimum atomic E-state index is -0.236. The molecule has 122 valence electrons. The zero-order chi connectivity index (χ0) is 16.1. The van der Waals surface area contributed by atoms with Crippen LogP contribution < -0.4 is 5.32 Å². The highest BCUT2D eigenvalue weighted by molar-refractivity contribution is 7.03. The number of benzene rings is 1. The number of piperidine rings is 1. The van der Waals surface area contributed by atoms with Gasteiger partial charge in [-0.05, 0) is 61.1 Å². The summed E-state index contributed by atoms with van der Waals surface area (Å²) in [7, 11) is 0. The summed E-state index contributed by atoms with van der Waals surface area (Å²) in [5.74, 6) is 0.211. The van der Waals surface area contributed by atoms with Gasteiger partial charge in [-0.15, -0.1) is 5.10 Å². The Kier molecular flexibility index (Phi) is 5.32. The lowest BCUT2D eigenvalue weighted by atomic mass is 9.97. The first-order valence-electron chi connectivity index (χ1n) is 7.75. The number of hydrogen-bond acceptors (Lipinski definition) is 6. The van der Waals surface area contributed by atoms with Crippen LogP contribution in [-0.4, -0.2) is 45.2 Å². The number of nitrogens with zero attached hydrogens (tertiary/aromatic N) is 3. The van der Waals surface area contributed by atoms with Gasteiger partial charge in [0.2, 0.25) is 0 Å². The van der Waals surface area contributed by atoms with Crippen LogP contribution in [-0.2, 0) is 6.54 Å². The number of aliphatic hydroxyl groups is 1. The molecule has 1 amide bonds. The Morgan fingerprint density at radius 2 is 2.22 bits per heavy atom. The van der Waals surface area contributed by atoms with Crippen molar-refractivity contribution < 1.29 is 9.90 Å². The molecule has 7 heteroatoms. The molecule has 0 spiro atoms. The second-order valence-corrected chi connectivity index (χ2v) is 6.46. The Morgan fingerprint density at radius 1 is 1.39 bits per heavy atom. The van der Waals surface area contributed by atoms with E-state index in [1.54, 1.807) is 5.38 Å². The van der Waals surface area contributed by atoms with E-state index in [2.05, 4.69) is 25.9 Å². The summed E-state index contributed by atoms with van der Waals surface area (Å²) in [5.41, 5.74) is 2.28. The smallest absolute Gasteiger partial charge is 0.277 e. The van der Waals surface area contributed by atoms with Gasteiger partial charge in [0.25, 0.3) is 5.91 Å². The number of likely N-dealkylation sites (tertiary alicyclic amines) is 1. The predicted molar refractivity (Wildman–Crippen MR) is 89.4 cm³/mol. The highest BCUT2D eigenvalue weighted by Gasteiger charge is 2.18. The van der Waals surface area contributed by atoms with Crippen LogP contribution in [0.15, 0.2) is 29.6 Å². The molecule has 1 aliphatic rings. The lowest BCUT2D eigenvalue weighted by Crippen LogP contribution is -2.34. The van der Waals surface area contributed by atoms with E-state index in [4.69, 9.17) is 0 Å². The van der Waals surface area contributed by atoms with Crippen LogP contribution in [0.25, 0.3) is 0 Å². The fourth-order valence-electron chi connectivity index (χ4n) is 2.79. The molecular formula is C16H20N4O2S. The number of rotatable bonds is 5. The minimum Gasteiger partial charge on any atom is -0.396 e. The van der Waals surface area contributed by atoms with Crippen LogP contribution in [0.4, 0.5) is 5.69 Å². The molecule has 2 heterocycles. The monoisotopic (exact) mass is 332 g/mol. The predicted octanol–water partition coefficient (Wildman–Crippen LogP) is 1.99. The van der Waals surface area contributed by atoms with Gasteiger partial charge in [0.15, 0.2) is 5.69 Å². The van der Waals surface area contributed by atoms with Crippen molar-refractivity contribution in [2.75, 3.05) is 25.0 Å². The number of carbonyl (C=O) groups excluding carboxylic acids is 1. The Morgan fingerprint density at radius 3 is 2.91 bits per heavy atom. The zero-order valence-corrected chi connectivity index (χ0v) is 13.6. The molecule has 0 unspecified atom stereocenters. The molecule has 1 aromatic carbocycles. The molecule has 1 aromatic heterocycles. The molecule has 1 fully saturated rings. The summed E-state index contributed by atoms with van der Waals surface area (Å²) in [4.78, 5) is 14.4. The van der Waals surface area contributed by atoms with Crippen molar-refractivity contribution in [2.45, 2.75) is 19.4 Å². The van der Waals surface area contributed by atoms with E-state index in [9.17, 15) is 9.90 Å². The molecule has 0 bridgehead atoms. The summed E-state index contributed by atoms with van der Waals surface area (Å²) in [6, 6.07) is 7.89. The zero-order valence-electron chi connectivity index (χ0n) is 12.8. The number of amides is 1. The molecular weight excluding hydrogens is 312 g/mol. The average Bonchev–Trinajstić information content (AvgIpc) is 3.10.